The van der Waals surface area contributed by atoms with E-state index in [1.54, 1.807) is 12.1 Å². The van der Waals surface area contributed by atoms with Gasteiger partial charge in [0, 0.05) is 6.07 Å². The maximum Gasteiger partial charge on any atom is 0.262 e. The number of benzene rings is 1. The van der Waals surface area contributed by atoms with Crippen LogP contribution in [0.3, 0.4) is 0 Å². The molecule has 1 aliphatic heterocycles. The lowest BCUT2D eigenvalue weighted by molar-refractivity contribution is -0.118. The number of rotatable bonds is 3. The van der Waals surface area contributed by atoms with Crippen LogP contribution in [-0.4, -0.2) is 12.5 Å². The van der Waals surface area contributed by atoms with E-state index in [1.165, 1.54) is 0 Å². The van der Waals surface area contributed by atoms with Crippen LogP contribution in [0.5, 0.6) is 5.75 Å². The van der Waals surface area contributed by atoms with Crippen molar-refractivity contribution in [2.24, 2.45) is 0 Å². The number of nitrogens with two attached hydrogens (primary N) is 1. The number of hydrogen-bond acceptors (Lipinski definition) is 5. The van der Waals surface area contributed by atoms with Crippen LogP contribution in [-0.2, 0) is 4.79 Å². The zero-order valence-corrected chi connectivity index (χ0v) is 11.9. The lowest BCUT2D eigenvalue weighted by Crippen LogP contribution is -2.25. The van der Waals surface area contributed by atoms with Crippen molar-refractivity contribution in [3.63, 3.8) is 0 Å². The molecule has 1 aliphatic rings. The fourth-order valence-corrected chi connectivity index (χ4v) is 2.26. The number of nitrogens with one attached hydrogen (secondary N) is 2. The van der Waals surface area contributed by atoms with Gasteiger partial charge in [-0.3, -0.25) is 4.79 Å². The minimum absolute atomic E-state index is 0.0152. The third-order valence-electron chi connectivity index (χ3n) is 3.34. The Hall–Kier alpha value is -2.63. The van der Waals surface area contributed by atoms with Crippen molar-refractivity contribution in [1.29, 1.82) is 0 Å². The van der Waals surface area contributed by atoms with Crippen LogP contribution in [0.1, 0.15) is 24.5 Å². The van der Waals surface area contributed by atoms with Crippen molar-refractivity contribution in [2.75, 3.05) is 23.0 Å². The van der Waals surface area contributed by atoms with E-state index in [0.717, 1.165) is 17.2 Å². The zero-order chi connectivity index (χ0) is 15.0. The molecule has 1 aromatic carbocycles. The fraction of sp³-hybridized carbons (Fsp3) is 0.267. The van der Waals surface area contributed by atoms with Crippen molar-refractivity contribution in [3.05, 3.63) is 35.8 Å². The van der Waals surface area contributed by atoms with Gasteiger partial charge in [0.1, 0.15) is 17.3 Å². The molecular formula is C15H17N3O3. The van der Waals surface area contributed by atoms with Gasteiger partial charge < -0.3 is 25.5 Å². The Kier molecular flexibility index (Phi) is 3.21. The summed E-state index contributed by atoms with van der Waals surface area (Å²) >= 11 is 0. The van der Waals surface area contributed by atoms with Crippen molar-refractivity contribution in [2.45, 2.75) is 19.9 Å². The summed E-state index contributed by atoms with van der Waals surface area (Å²) in [5, 5.41) is 6.04. The smallest absolute Gasteiger partial charge is 0.262 e. The van der Waals surface area contributed by atoms with Crippen LogP contribution in [0.4, 0.5) is 17.1 Å². The van der Waals surface area contributed by atoms with Gasteiger partial charge in [-0.1, -0.05) is 0 Å². The normalized spacial score (nSPS) is 14.9. The van der Waals surface area contributed by atoms with E-state index >= 15 is 0 Å². The molecule has 1 amide bonds. The van der Waals surface area contributed by atoms with Crippen LogP contribution in [0.25, 0.3) is 0 Å². The van der Waals surface area contributed by atoms with Crippen LogP contribution in [0.2, 0.25) is 0 Å². The van der Waals surface area contributed by atoms with Crippen LogP contribution < -0.4 is 21.1 Å². The van der Waals surface area contributed by atoms with Gasteiger partial charge in [0.05, 0.1) is 23.1 Å². The Morgan fingerprint density at radius 1 is 1.38 bits per heavy atom. The first-order chi connectivity index (χ1) is 10.0. The van der Waals surface area contributed by atoms with E-state index in [9.17, 15) is 4.79 Å². The third-order valence-corrected chi connectivity index (χ3v) is 3.34. The Morgan fingerprint density at radius 2 is 2.19 bits per heavy atom. The minimum atomic E-state index is -0.173. The molecule has 6 heteroatoms. The second-order valence-corrected chi connectivity index (χ2v) is 5.09. The largest absolute Gasteiger partial charge is 0.482 e. The maximum absolute atomic E-state index is 11.4. The zero-order valence-electron chi connectivity index (χ0n) is 11.9. The first kappa shape index (κ1) is 13.4. The van der Waals surface area contributed by atoms with Crippen molar-refractivity contribution >= 4 is 23.0 Å². The quantitative estimate of drug-likeness (QED) is 0.755. The van der Waals surface area contributed by atoms with Gasteiger partial charge in [0.2, 0.25) is 0 Å². The number of furan rings is 1. The van der Waals surface area contributed by atoms with E-state index in [1.807, 2.05) is 26.0 Å². The van der Waals surface area contributed by atoms with Crippen molar-refractivity contribution in [3.8, 4) is 5.75 Å². The summed E-state index contributed by atoms with van der Waals surface area (Å²) < 4.78 is 10.9. The molecule has 0 spiro atoms. The topological polar surface area (TPSA) is 89.5 Å². The highest BCUT2D eigenvalue weighted by atomic mass is 16.5. The molecule has 0 bridgehead atoms. The second kappa shape index (κ2) is 5.05. The summed E-state index contributed by atoms with van der Waals surface area (Å²) in [6.07, 6.45) is 0. The van der Waals surface area contributed by atoms with E-state index in [4.69, 9.17) is 14.9 Å². The van der Waals surface area contributed by atoms with Gasteiger partial charge in [-0.15, -0.1) is 0 Å². The number of aryl methyl sites for hydroxylation is 1. The van der Waals surface area contributed by atoms with Gasteiger partial charge in [0.15, 0.2) is 6.61 Å². The number of ether oxygens (including phenoxy) is 1. The number of fused-ring (bicyclic) bond motifs is 1. The SMILES string of the molecule is Cc1ccc(C(C)Nc2cc3c(cc2N)OCC(=O)N3)o1. The molecule has 0 saturated carbocycles. The van der Waals surface area contributed by atoms with E-state index in [0.29, 0.717) is 17.1 Å². The summed E-state index contributed by atoms with van der Waals surface area (Å²) in [7, 11) is 0. The van der Waals surface area contributed by atoms with E-state index in [2.05, 4.69) is 10.6 Å². The molecule has 2 aromatic rings. The number of hydrogen-bond donors (Lipinski definition) is 3. The van der Waals surface area contributed by atoms with Crippen LogP contribution >= 0.6 is 0 Å². The summed E-state index contributed by atoms with van der Waals surface area (Å²) in [5.41, 5.74) is 7.92. The van der Waals surface area contributed by atoms with Crippen LogP contribution in [0, 0.1) is 6.92 Å². The van der Waals surface area contributed by atoms with Gasteiger partial charge in [0.25, 0.3) is 5.91 Å². The van der Waals surface area contributed by atoms with Crippen molar-refractivity contribution < 1.29 is 13.9 Å². The molecule has 0 fully saturated rings. The molecule has 3 rings (SSSR count). The Labute approximate surface area is 122 Å². The van der Waals surface area contributed by atoms with Crippen molar-refractivity contribution in [1.82, 2.24) is 0 Å². The molecule has 0 aliphatic carbocycles. The Bertz CT molecular complexity index is 693. The predicted molar refractivity (Wildman–Crippen MR) is 80.5 cm³/mol. The van der Waals surface area contributed by atoms with Gasteiger partial charge in [-0.05, 0) is 32.0 Å². The van der Waals surface area contributed by atoms with Gasteiger partial charge in [-0.2, -0.15) is 0 Å². The second-order valence-electron chi connectivity index (χ2n) is 5.09. The lowest BCUT2D eigenvalue weighted by Gasteiger charge is -2.21. The first-order valence-electron chi connectivity index (χ1n) is 6.72. The van der Waals surface area contributed by atoms with E-state index in [-0.39, 0.29) is 18.6 Å². The highest BCUT2D eigenvalue weighted by Gasteiger charge is 2.19. The third kappa shape index (κ3) is 2.65. The molecule has 0 radical (unpaired) electrons. The standard InChI is InChI=1S/C15H17N3O3/c1-8-3-4-13(21-8)9(2)17-11-6-12-14(5-10(11)16)20-7-15(19)18-12/h3-6,9,17H,7,16H2,1-2H3,(H,18,19). The number of amides is 1. The molecule has 4 N–H and O–H groups in total. The number of carbonyl (C=O) groups excluding carboxylic acids is 1. The lowest BCUT2D eigenvalue weighted by atomic mass is 10.1. The average molecular weight is 287 g/mol. The highest BCUT2D eigenvalue weighted by molar-refractivity contribution is 5.97. The molecule has 0 saturated heterocycles. The molecule has 1 unspecified atom stereocenters. The summed E-state index contributed by atoms with van der Waals surface area (Å²) in [6.45, 7) is 3.89. The molecule has 2 heterocycles. The number of nitrogen functional groups attached to an aromatic ring is 1. The molecule has 110 valence electrons. The van der Waals surface area contributed by atoms with E-state index < -0.39 is 0 Å². The Balaban J connectivity index is 1.85. The molecule has 21 heavy (non-hydrogen) atoms. The summed E-state index contributed by atoms with van der Waals surface area (Å²) in [4.78, 5) is 11.4. The first-order valence-corrected chi connectivity index (χ1v) is 6.72. The molecule has 1 aromatic heterocycles. The predicted octanol–water partition coefficient (Wildman–Crippen LogP) is 2.67. The van der Waals surface area contributed by atoms with Gasteiger partial charge >= 0.3 is 0 Å². The molecule has 6 nitrogen and oxygen atoms in total. The molecule has 1 atom stereocenters. The number of carbonyl (C=O) groups is 1. The summed E-state index contributed by atoms with van der Waals surface area (Å²) in [5.74, 6) is 2.09. The molecular weight excluding hydrogens is 270 g/mol. The number of anilines is 3. The van der Waals surface area contributed by atoms with Crippen LogP contribution in [0.15, 0.2) is 28.7 Å². The minimum Gasteiger partial charge on any atom is -0.482 e. The highest BCUT2D eigenvalue weighted by Crippen LogP contribution is 2.36. The fourth-order valence-electron chi connectivity index (χ4n) is 2.26. The van der Waals surface area contributed by atoms with Gasteiger partial charge in [-0.25, -0.2) is 0 Å². The summed E-state index contributed by atoms with van der Waals surface area (Å²) in [6, 6.07) is 7.27. The Morgan fingerprint density at radius 3 is 2.90 bits per heavy atom. The average Bonchev–Trinajstić information content (AvgIpc) is 2.87. The monoisotopic (exact) mass is 287 g/mol. The maximum atomic E-state index is 11.4.